The Kier molecular flexibility index (Phi) is 7.03. The first kappa shape index (κ1) is 14.2. The molecule has 0 aromatic rings. The van der Waals surface area contributed by atoms with E-state index in [1.165, 1.54) is 4.90 Å². The lowest BCUT2D eigenvalue weighted by Crippen LogP contribution is -2.39. The van der Waals surface area contributed by atoms with Gasteiger partial charge >= 0.3 is 6.09 Å². The first-order chi connectivity index (χ1) is 6.97. The minimum atomic E-state index is -0.335. The van der Waals surface area contributed by atoms with Crippen molar-refractivity contribution in [3.8, 4) is 0 Å². The number of nitrogens with zero attached hydrogens (tertiary/aromatic N) is 1. The molecule has 0 heterocycles. The molecule has 0 radical (unpaired) electrons. The molecule has 4 nitrogen and oxygen atoms in total. The quantitative estimate of drug-likeness (QED) is 0.709. The van der Waals surface area contributed by atoms with Gasteiger partial charge in [0.2, 0.25) is 0 Å². The van der Waals surface area contributed by atoms with Crippen molar-refractivity contribution in [2.24, 2.45) is 11.7 Å². The summed E-state index contributed by atoms with van der Waals surface area (Å²) in [5.41, 5.74) is 5.40. The molecule has 0 bridgehead atoms. The molecule has 0 saturated heterocycles. The molecule has 1 amide bonds. The molecule has 0 aliphatic rings. The fourth-order valence-electron chi connectivity index (χ4n) is 1.02. The lowest BCUT2D eigenvalue weighted by molar-refractivity contribution is 0.0969. The van der Waals surface area contributed by atoms with Gasteiger partial charge in [-0.15, -0.1) is 0 Å². The third-order valence-corrected chi connectivity index (χ3v) is 1.77. The van der Waals surface area contributed by atoms with E-state index in [1.54, 1.807) is 0 Å². The highest BCUT2D eigenvalue weighted by Crippen LogP contribution is 2.00. The van der Waals surface area contributed by atoms with Gasteiger partial charge in [0, 0.05) is 6.54 Å². The van der Waals surface area contributed by atoms with Crippen LogP contribution in [0.5, 0.6) is 0 Å². The Morgan fingerprint density at radius 1 is 1.53 bits per heavy atom. The zero-order chi connectivity index (χ0) is 11.8. The maximum absolute atomic E-state index is 11.6. The van der Waals surface area contributed by atoms with Crippen LogP contribution in [-0.4, -0.2) is 35.7 Å². The van der Waals surface area contributed by atoms with Gasteiger partial charge in [-0.1, -0.05) is 33.0 Å². The molecule has 0 rings (SSSR count). The van der Waals surface area contributed by atoms with Crippen LogP contribution in [0.25, 0.3) is 0 Å². The summed E-state index contributed by atoms with van der Waals surface area (Å²) >= 11 is 4.77. The molecule has 0 unspecified atom stereocenters. The number of nitrogens with two attached hydrogens (primary N) is 1. The van der Waals surface area contributed by atoms with Gasteiger partial charge in [0.1, 0.15) is 0 Å². The summed E-state index contributed by atoms with van der Waals surface area (Å²) in [6.45, 7) is 7.31. The van der Waals surface area contributed by atoms with Crippen molar-refractivity contribution in [1.29, 1.82) is 0 Å². The number of thiocarbonyl (C=S) groups is 1. The molecule has 0 spiro atoms. The lowest BCUT2D eigenvalue weighted by Gasteiger charge is -2.21. The maximum atomic E-state index is 11.6. The first-order valence-corrected chi connectivity index (χ1v) is 5.58. The van der Waals surface area contributed by atoms with Crippen molar-refractivity contribution in [1.82, 2.24) is 4.90 Å². The van der Waals surface area contributed by atoms with Crippen molar-refractivity contribution < 1.29 is 9.53 Å². The molecule has 5 heteroatoms. The van der Waals surface area contributed by atoms with Gasteiger partial charge in [0.25, 0.3) is 0 Å². The Bertz CT molecular complexity index is 219. The Labute approximate surface area is 96.8 Å². The number of ether oxygens (including phenoxy) is 1. The lowest BCUT2D eigenvalue weighted by atomic mass is 10.2. The van der Waals surface area contributed by atoms with Crippen LogP contribution in [0.1, 0.15) is 27.2 Å². The van der Waals surface area contributed by atoms with Crippen molar-refractivity contribution >= 4 is 23.3 Å². The van der Waals surface area contributed by atoms with Gasteiger partial charge < -0.3 is 15.4 Å². The molecule has 0 aromatic carbocycles. The molecule has 0 saturated carbocycles. The van der Waals surface area contributed by atoms with Crippen LogP contribution in [0.4, 0.5) is 4.79 Å². The monoisotopic (exact) mass is 232 g/mol. The Balaban J connectivity index is 4.09. The summed E-state index contributed by atoms with van der Waals surface area (Å²) in [5.74, 6) is 0.335. The fourth-order valence-corrected chi connectivity index (χ4v) is 1.18. The van der Waals surface area contributed by atoms with Crippen LogP contribution in [0.2, 0.25) is 0 Å². The predicted molar refractivity (Wildman–Crippen MR) is 64.8 cm³/mol. The van der Waals surface area contributed by atoms with E-state index in [9.17, 15) is 4.79 Å². The third-order valence-electron chi connectivity index (χ3n) is 1.64. The smallest absolute Gasteiger partial charge is 0.410 e. The molecule has 0 aliphatic carbocycles. The number of amides is 1. The minimum Gasteiger partial charge on any atom is -0.449 e. The topological polar surface area (TPSA) is 55.6 Å². The molecular weight excluding hydrogens is 212 g/mol. The summed E-state index contributed by atoms with van der Waals surface area (Å²) in [5, 5.41) is 0. The number of hydrogen-bond acceptors (Lipinski definition) is 3. The van der Waals surface area contributed by atoms with E-state index in [4.69, 9.17) is 22.7 Å². The van der Waals surface area contributed by atoms with Crippen LogP contribution in [0.15, 0.2) is 0 Å². The number of carbonyl (C=O) groups excluding carboxylic acids is 1. The summed E-state index contributed by atoms with van der Waals surface area (Å²) in [6.07, 6.45) is 0.526. The fraction of sp³-hybridized carbons (Fsp3) is 0.800. The van der Waals surface area contributed by atoms with E-state index < -0.39 is 0 Å². The standard InChI is InChI=1S/C10H20N2O2S/c1-4-5-12(6-9(11)15)10(13)14-7-8(2)3/h8H,4-7H2,1-3H3,(H2,11,15). The van der Waals surface area contributed by atoms with Gasteiger partial charge in [-0.2, -0.15) is 0 Å². The van der Waals surface area contributed by atoms with Crippen LogP contribution in [0.3, 0.4) is 0 Å². The summed E-state index contributed by atoms with van der Waals surface area (Å²) in [4.78, 5) is 13.4. The Morgan fingerprint density at radius 2 is 2.13 bits per heavy atom. The second-order valence-electron chi connectivity index (χ2n) is 3.86. The normalized spacial score (nSPS) is 10.1. The van der Waals surface area contributed by atoms with Crippen molar-refractivity contribution in [2.45, 2.75) is 27.2 Å². The number of hydrogen-bond donors (Lipinski definition) is 1. The molecular formula is C10H20N2O2S. The van der Waals surface area contributed by atoms with Gasteiger partial charge in [-0.25, -0.2) is 4.79 Å². The molecule has 0 aromatic heterocycles. The Morgan fingerprint density at radius 3 is 2.53 bits per heavy atom. The summed E-state index contributed by atoms with van der Waals surface area (Å²) in [7, 11) is 0. The summed E-state index contributed by atoms with van der Waals surface area (Å²) in [6, 6.07) is 0. The third kappa shape index (κ3) is 7.13. The number of rotatable bonds is 6. The zero-order valence-electron chi connectivity index (χ0n) is 9.66. The van der Waals surface area contributed by atoms with Crippen LogP contribution < -0.4 is 5.73 Å². The van der Waals surface area contributed by atoms with E-state index in [2.05, 4.69) is 0 Å². The van der Waals surface area contributed by atoms with Crippen LogP contribution >= 0.6 is 12.2 Å². The maximum Gasteiger partial charge on any atom is 0.410 e. The van der Waals surface area contributed by atoms with E-state index in [1.807, 2.05) is 20.8 Å². The highest BCUT2D eigenvalue weighted by atomic mass is 32.1. The predicted octanol–water partition coefficient (Wildman–Crippen LogP) is 1.78. The average Bonchev–Trinajstić information content (AvgIpc) is 2.12. The second kappa shape index (κ2) is 7.45. The minimum absolute atomic E-state index is 0.292. The molecule has 0 aliphatic heterocycles. The molecule has 88 valence electrons. The molecule has 0 atom stereocenters. The van der Waals surface area contributed by atoms with Gasteiger partial charge in [0.15, 0.2) is 0 Å². The average molecular weight is 232 g/mol. The number of carbonyl (C=O) groups is 1. The second-order valence-corrected chi connectivity index (χ2v) is 4.38. The molecule has 2 N–H and O–H groups in total. The first-order valence-electron chi connectivity index (χ1n) is 5.17. The highest BCUT2D eigenvalue weighted by Gasteiger charge is 2.14. The van der Waals surface area contributed by atoms with Gasteiger partial charge in [0.05, 0.1) is 18.1 Å². The SMILES string of the molecule is CCCN(CC(N)=S)C(=O)OCC(C)C. The van der Waals surface area contributed by atoms with E-state index >= 15 is 0 Å². The Hall–Kier alpha value is -0.840. The molecule has 15 heavy (non-hydrogen) atoms. The van der Waals surface area contributed by atoms with E-state index in [-0.39, 0.29) is 6.09 Å². The largest absolute Gasteiger partial charge is 0.449 e. The van der Waals surface area contributed by atoms with E-state index in [0.29, 0.717) is 30.6 Å². The van der Waals surface area contributed by atoms with Crippen molar-refractivity contribution in [3.05, 3.63) is 0 Å². The zero-order valence-corrected chi connectivity index (χ0v) is 10.5. The molecule has 0 fully saturated rings. The van der Waals surface area contributed by atoms with Crippen LogP contribution in [-0.2, 0) is 4.74 Å². The van der Waals surface area contributed by atoms with Gasteiger partial charge in [-0.3, -0.25) is 0 Å². The summed E-state index contributed by atoms with van der Waals surface area (Å²) < 4.78 is 5.09. The van der Waals surface area contributed by atoms with Crippen LogP contribution in [0, 0.1) is 5.92 Å². The van der Waals surface area contributed by atoms with Crippen molar-refractivity contribution in [2.75, 3.05) is 19.7 Å². The highest BCUT2D eigenvalue weighted by molar-refractivity contribution is 7.80. The van der Waals surface area contributed by atoms with E-state index in [0.717, 1.165) is 6.42 Å². The van der Waals surface area contributed by atoms with Crippen molar-refractivity contribution in [3.63, 3.8) is 0 Å². The van der Waals surface area contributed by atoms with Gasteiger partial charge in [-0.05, 0) is 12.3 Å².